The van der Waals surface area contributed by atoms with E-state index < -0.39 is 12.2 Å². The van der Waals surface area contributed by atoms with E-state index in [9.17, 15) is 14.7 Å². The quantitative estimate of drug-likeness (QED) is 0.659. The van der Waals surface area contributed by atoms with E-state index >= 15 is 0 Å². The van der Waals surface area contributed by atoms with Crippen molar-refractivity contribution in [2.24, 2.45) is 0 Å². The number of aryl methyl sites for hydroxylation is 1. The maximum Gasteiger partial charge on any atom is 0.404 e. The molecular weight excluding hydrogens is 352 g/mol. The minimum absolute atomic E-state index is 0.0388. The summed E-state index contributed by atoms with van der Waals surface area (Å²) in [6, 6.07) is 3.65. The number of nitrogens with one attached hydrogen (secondary N) is 1. The number of likely N-dealkylation sites (tertiary alicyclic amines) is 1. The minimum atomic E-state index is -1.00. The number of pyridine rings is 1. The summed E-state index contributed by atoms with van der Waals surface area (Å²) in [5.41, 5.74) is 0.975. The molecule has 3 heterocycles. The molecule has 1 saturated heterocycles. The first kappa shape index (κ1) is 19.4. The van der Waals surface area contributed by atoms with Gasteiger partial charge in [-0.15, -0.1) is 0 Å². The summed E-state index contributed by atoms with van der Waals surface area (Å²) in [7, 11) is 1.53. The van der Waals surface area contributed by atoms with Gasteiger partial charge in [0.05, 0.1) is 19.8 Å². The number of amides is 2. The number of hydrogen-bond acceptors (Lipinski definition) is 6. The van der Waals surface area contributed by atoms with Gasteiger partial charge >= 0.3 is 6.09 Å². The van der Waals surface area contributed by atoms with Crippen LogP contribution in [-0.2, 0) is 11.2 Å². The molecule has 0 radical (unpaired) electrons. The molecule has 1 aromatic heterocycles. The van der Waals surface area contributed by atoms with Crippen molar-refractivity contribution in [2.45, 2.75) is 37.8 Å². The number of ether oxygens (including phenoxy) is 1. The van der Waals surface area contributed by atoms with E-state index in [1.165, 1.54) is 7.11 Å². The Hall–Kier alpha value is -2.39. The second-order valence-electron chi connectivity index (χ2n) is 7.02. The van der Waals surface area contributed by atoms with Crippen LogP contribution in [0.2, 0.25) is 0 Å². The molecule has 3 rings (SSSR count). The lowest BCUT2D eigenvalue weighted by molar-refractivity contribution is -0.119. The van der Waals surface area contributed by atoms with Crippen LogP contribution in [0.15, 0.2) is 12.1 Å². The van der Waals surface area contributed by atoms with Crippen LogP contribution in [-0.4, -0.2) is 77.5 Å². The number of piperidine rings is 1. The Morgan fingerprint density at radius 1 is 1.33 bits per heavy atom. The van der Waals surface area contributed by atoms with Gasteiger partial charge in [0.2, 0.25) is 11.8 Å². The fraction of sp³-hybridized carbons (Fsp3) is 0.611. The van der Waals surface area contributed by atoms with Crippen LogP contribution in [0.4, 0.5) is 10.6 Å². The van der Waals surface area contributed by atoms with Crippen molar-refractivity contribution in [3.8, 4) is 5.88 Å². The number of aliphatic hydroxyl groups excluding tert-OH is 1. The molecule has 27 heavy (non-hydrogen) atoms. The number of methoxy groups -OCH3 is 1. The van der Waals surface area contributed by atoms with E-state index in [2.05, 4.69) is 15.2 Å². The number of carbonyl (C=O) groups excluding carboxylic acids is 1. The zero-order valence-corrected chi connectivity index (χ0v) is 15.4. The number of carbonyl (C=O) groups is 2. The number of anilines is 1. The van der Waals surface area contributed by atoms with E-state index in [-0.39, 0.29) is 18.5 Å². The van der Waals surface area contributed by atoms with Gasteiger partial charge in [-0.1, -0.05) is 0 Å². The van der Waals surface area contributed by atoms with Gasteiger partial charge in [0.15, 0.2) is 0 Å². The molecule has 2 aliphatic rings. The van der Waals surface area contributed by atoms with Gasteiger partial charge in [0.1, 0.15) is 5.82 Å². The highest BCUT2D eigenvalue weighted by atomic mass is 16.5. The number of β-amino-alcohol motifs (C(OH)–C–C–N with tert-alkyl or cyclic N) is 1. The fourth-order valence-corrected chi connectivity index (χ4v) is 3.69. The lowest BCUT2D eigenvalue weighted by atomic mass is 10.0. The molecule has 2 amide bonds. The third-order valence-corrected chi connectivity index (χ3v) is 5.08. The second-order valence-corrected chi connectivity index (χ2v) is 7.02. The molecule has 0 bridgehead atoms. The molecule has 148 valence electrons. The summed E-state index contributed by atoms with van der Waals surface area (Å²) in [4.78, 5) is 31.1. The molecule has 9 nitrogen and oxygen atoms in total. The largest absolute Gasteiger partial charge is 0.481 e. The highest BCUT2D eigenvalue weighted by Gasteiger charge is 2.29. The fourth-order valence-electron chi connectivity index (χ4n) is 3.69. The van der Waals surface area contributed by atoms with Gasteiger partial charge in [-0.3, -0.25) is 9.69 Å². The predicted molar refractivity (Wildman–Crippen MR) is 98.1 cm³/mol. The lowest BCUT2D eigenvalue weighted by Gasteiger charge is -2.35. The molecule has 1 fully saturated rings. The van der Waals surface area contributed by atoms with Crippen LogP contribution >= 0.6 is 0 Å². The summed E-state index contributed by atoms with van der Waals surface area (Å²) >= 11 is 0. The van der Waals surface area contributed by atoms with E-state index in [0.717, 1.165) is 5.56 Å². The zero-order valence-electron chi connectivity index (χ0n) is 15.4. The molecule has 9 heteroatoms. The van der Waals surface area contributed by atoms with Crippen molar-refractivity contribution >= 4 is 17.8 Å². The van der Waals surface area contributed by atoms with Gasteiger partial charge in [0, 0.05) is 38.2 Å². The SMILES string of the molecule is COc1ccc2c(n1)N(CC(O)CN1CCC(NC(=O)O)CC1)C(=O)CC2. The summed E-state index contributed by atoms with van der Waals surface area (Å²) < 4.78 is 5.16. The van der Waals surface area contributed by atoms with Crippen LogP contribution in [0.25, 0.3) is 0 Å². The molecule has 3 N–H and O–H groups in total. The molecular formula is C18H26N4O5. The molecule has 0 spiro atoms. The topological polar surface area (TPSA) is 115 Å². The first-order valence-electron chi connectivity index (χ1n) is 9.20. The Morgan fingerprint density at radius 3 is 2.74 bits per heavy atom. The van der Waals surface area contributed by atoms with Crippen LogP contribution in [0.5, 0.6) is 5.88 Å². The number of aliphatic hydroxyl groups is 1. The van der Waals surface area contributed by atoms with E-state index in [1.54, 1.807) is 11.0 Å². The zero-order chi connectivity index (χ0) is 19.4. The maximum atomic E-state index is 12.4. The minimum Gasteiger partial charge on any atom is -0.481 e. The molecule has 0 saturated carbocycles. The Kier molecular flexibility index (Phi) is 6.12. The Balaban J connectivity index is 1.57. The number of carboxylic acid groups (broad SMARTS) is 1. The Bertz CT molecular complexity index is 690. The number of fused-ring (bicyclic) bond motifs is 1. The van der Waals surface area contributed by atoms with Crippen LogP contribution in [0.1, 0.15) is 24.8 Å². The van der Waals surface area contributed by atoms with Crippen molar-refractivity contribution in [1.29, 1.82) is 0 Å². The number of hydrogen-bond donors (Lipinski definition) is 3. The smallest absolute Gasteiger partial charge is 0.404 e. The number of rotatable bonds is 6. The number of nitrogens with zero attached hydrogens (tertiary/aromatic N) is 3. The molecule has 1 unspecified atom stereocenters. The third-order valence-electron chi connectivity index (χ3n) is 5.08. The first-order chi connectivity index (χ1) is 13.0. The average molecular weight is 378 g/mol. The third kappa shape index (κ3) is 4.86. The van der Waals surface area contributed by atoms with Crippen LogP contribution in [0.3, 0.4) is 0 Å². The summed E-state index contributed by atoms with van der Waals surface area (Å²) in [5, 5.41) is 21.8. The highest BCUT2D eigenvalue weighted by Crippen LogP contribution is 2.28. The van der Waals surface area contributed by atoms with Crippen molar-refractivity contribution in [1.82, 2.24) is 15.2 Å². The second kappa shape index (κ2) is 8.53. The van der Waals surface area contributed by atoms with Crippen molar-refractivity contribution in [3.63, 3.8) is 0 Å². The molecule has 0 aromatic carbocycles. The van der Waals surface area contributed by atoms with Gasteiger partial charge in [-0.05, 0) is 30.9 Å². The van der Waals surface area contributed by atoms with Crippen molar-refractivity contribution < 1.29 is 24.5 Å². The maximum absolute atomic E-state index is 12.4. The summed E-state index contributed by atoms with van der Waals surface area (Å²) in [5.74, 6) is 0.955. The van der Waals surface area contributed by atoms with E-state index in [4.69, 9.17) is 9.84 Å². The highest BCUT2D eigenvalue weighted by molar-refractivity contribution is 5.95. The Morgan fingerprint density at radius 2 is 2.07 bits per heavy atom. The standard InChI is InChI=1S/C18H26N4O5/c1-27-15-4-2-12-3-5-16(24)22(17(12)20-15)11-14(23)10-21-8-6-13(7-9-21)19-18(25)26/h2,4,13-14,19,23H,3,5-11H2,1H3,(H,25,26). The average Bonchev–Trinajstić information content (AvgIpc) is 2.65. The van der Waals surface area contributed by atoms with Gasteiger partial charge in [0.25, 0.3) is 0 Å². The van der Waals surface area contributed by atoms with E-state index in [1.807, 2.05) is 6.07 Å². The van der Waals surface area contributed by atoms with Crippen molar-refractivity contribution in [2.75, 3.05) is 38.2 Å². The van der Waals surface area contributed by atoms with Crippen molar-refractivity contribution in [3.05, 3.63) is 17.7 Å². The molecule has 2 aliphatic heterocycles. The lowest BCUT2D eigenvalue weighted by Crippen LogP contribution is -2.49. The normalized spacial score (nSPS) is 19.5. The first-order valence-corrected chi connectivity index (χ1v) is 9.20. The van der Waals surface area contributed by atoms with Gasteiger partial charge in [-0.2, -0.15) is 4.98 Å². The predicted octanol–water partition coefficient (Wildman–Crippen LogP) is 0.462. The summed E-state index contributed by atoms with van der Waals surface area (Å²) in [6.07, 6.45) is 0.754. The summed E-state index contributed by atoms with van der Waals surface area (Å²) in [6.45, 7) is 2.03. The van der Waals surface area contributed by atoms with Gasteiger partial charge < -0.3 is 25.2 Å². The molecule has 1 aromatic rings. The molecule has 0 aliphatic carbocycles. The van der Waals surface area contributed by atoms with Gasteiger partial charge in [-0.25, -0.2) is 4.79 Å². The Labute approximate surface area is 157 Å². The van der Waals surface area contributed by atoms with E-state index in [0.29, 0.717) is 57.0 Å². The molecule has 1 atom stereocenters. The number of aromatic nitrogens is 1. The van der Waals surface area contributed by atoms with Crippen LogP contribution < -0.4 is 15.0 Å². The monoisotopic (exact) mass is 378 g/mol. The van der Waals surface area contributed by atoms with Crippen LogP contribution in [0, 0.1) is 0 Å².